The molecule has 13 heteroatoms. The average molecular weight is 629 g/mol. The van der Waals surface area contributed by atoms with Gasteiger partial charge in [0.2, 0.25) is 5.95 Å². The predicted octanol–water partition coefficient (Wildman–Crippen LogP) is 6.31. The Morgan fingerprint density at radius 1 is 1.02 bits per heavy atom. The molecule has 7 rings (SSSR count). The molecule has 0 bridgehead atoms. The number of pyridine rings is 2. The lowest BCUT2D eigenvalue weighted by molar-refractivity contribution is -0.137. The van der Waals surface area contributed by atoms with Crippen LogP contribution in [0.1, 0.15) is 36.1 Å². The van der Waals surface area contributed by atoms with E-state index in [2.05, 4.69) is 37.0 Å². The number of nitrogens with one attached hydrogen (secondary N) is 3. The van der Waals surface area contributed by atoms with E-state index < -0.39 is 11.7 Å². The molecule has 1 aromatic carbocycles. The summed E-state index contributed by atoms with van der Waals surface area (Å²) >= 11 is 0. The number of piperazine rings is 1. The number of fused-ring (bicyclic) bond motifs is 1. The number of alkyl halides is 3. The lowest BCUT2D eigenvalue weighted by atomic mass is 10.1. The average Bonchev–Trinajstić information content (AvgIpc) is 3.76. The molecular weight excluding hydrogens is 597 g/mol. The molecule has 1 saturated heterocycles. The Labute approximate surface area is 262 Å². The molecule has 0 atom stereocenters. The first-order valence-electron chi connectivity index (χ1n) is 15.1. The minimum Gasteiger partial charge on any atom is -0.464 e. The number of nitrogens with zero attached hydrogens (tertiary/aromatic N) is 5. The van der Waals surface area contributed by atoms with Gasteiger partial charge in [-0.1, -0.05) is 6.08 Å². The monoisotopic (exact) mass is 628 g/mol. The molecule has 1 aliphatic carbocycles. The van der Waals surface area contributed by atoms with Gasteiger partial charge in [-0.25, -0.2) is 4.98 Å². The molecule has 1 fully saturated rings. The maximum absolute atomic E-state index is 14.2. The minimum atomic E-state index is -4.56. The van der Waals surface area contributed by atoms with Crippen LogP contribution in [0.4, 0.5) is 41.9 Å². The van der Waals surface area contributed by atoms with Crippen LogP contribution in [0.5, 0.6) is 0 Å². The Kier molecular flexibility index (Phi) is 7.91. The highest BCUT2D eigenvalue weighted by Crippen LogP contribution is 2.39. The van der Waals surface area contributed by atoms with Crippen molar-refractivity contribution < 1.29 is 17.6 Å². The standard InChI is InChI=1S/C33H31F3N8O2/c34-33(35,36)26-17-24(7-8-28(26)43-13-11-37-12-14-43)41-32-39-18-23-16-27(40-25-6-3-10-38-19-25)31(45)44(30(23)42-32)20-22-9-15-46-29(22)21-4-1-2-5-21/h3-4,6-10,15-19,37,40H,1-2,5,11-14,20H2,(H,39,41,42). The number of anilines is 5. The molecule has 2 aliphatic rings. The molecule has 0 unspecified atom stereocenters. The first kappa shape index (κ1) is 29.5. The fraction of sp³-hybridized carbons (Fsp3) is 0.273. The molecular formula is C33H31F3N8O2. The summed E-state index contributed by atoms with van der Waals surface area (Å²) in [5.41, 5.74) is 2.41. The van der Waals surface area contributed by atoms with Gasteiger partial charge in [0, 0.05) is 60.9 Å². The summed E-state index contributed by atoms with van der Waals surface area (Å²) < 4.78 is 49.9. The first-order chi connectivity index (χ1) is 22.3. The Morgan fingerprint density at radius 3 is 2.65 bits per heavy atom. The van der Waals surface area contributed by atoms with Crippen molar-refractivity contribution in [3.63, 3.8) is 0 Å². The summed E-state index contributed by atoms with van der Waals surface area (Å²) in [7, 11) is 0. The quantitative estimate of drug-likeness (QED) is 0.182. The van der Waals surface area contributed by atoms with E-state index in [0.29, 0.717) is 48.6 Å². The third-order valence-electron chi connectivity index (χ3n) is 8.19. The van der Waals surface area contributed by atoms with Crippen molar-refractivity contribution in [1.29, 1.82) is 0 Å². The van der Waals surface area contributed by atoms with Crippen molar-refractivity contribution in [2.75, 3.05) is 41.7 Å². The molecule has 46 heavy (non-hydrogen) atoms. The maximum Gasteiger partial charge on any atom is 0.418 e. The van der Waals surface area contributed by atoms with Crippen molar-refractivity contribution in [2.24, 2.45) is 0 Å². The number of aromatic nitrogens is 4. The SMILES string of the molecule is O=c1c(Nc2cccnc2)cc2cnc(Nc3ccc(N4CCNCC4)c(C(F)(F)F)c3)nc2n1Cc1ccoc1C1=CCCC1. The zero-order valence-electron chi connectivity index (χ0n) is 24.8. The van der Waals surface area contributed by atoms with Gasteiger partial charge in [-0.15, -0.1) is 0 Å². The molecule has 4 aromatic heterocycles. The van der Waals surface area contributed by atoms with Crippen molar-refractivity contribution >= 4 is 45.3 Å². The molecule has 5 heterocycles. The number of halogens is 3. The smallest absolute Gasteiger partial charge is 0.418 e. The Hall–Kier alpha value is -5.17. The van der Waals surface area contributed by atoms with Gasteiger partial charge in [-0.2, -0.15) is 18.2 Å². The second kappa shape index (κ2) is 12.3. The Morgan fingerprint density at radius 2 is 1.89 bits per heavy atom. The molecule has 5 aromatic rings. The van der Waals surface area contributed by atoms with Gasteiger partial charge in [0.25, 0.3) is 5.56 Å². The molecule has 236 valence electrons. The van der Waals surface area contributed by atoms with Crippen LogP contribution in [0, 0.1) is 0 Å². The van der Waals surface area contributed by atoms with E-state index in [1.165, 1.54) is 10.6 Å². The summed E-state index contributed by atoms with van der Waals surface area (Å²) in [5.74, 6) is 0.794. The van der Waals surface area contributed by atoms with Crippen LogP contribution in [0.15, 0.2) is 82.6 Å². The number of benzene rings is 1. The normalized spacial score (nSPS) is 15.3. The van der Waals surface area contributed by atoms with Gasteiger partial charge in [-0.3, -0.25) is 14.3 Å². The fourth-order valence-electron chi connectivity index (χ4n) is 5.99. The van der Waals surface area contributed by atoms with Crippen LogP contribution >= 0.6 is 0 Å². The zero-order chi connectivity index (χ0) is 31.7. The van der Waals surface area contributed by atoms with Crippen LogP contribution in [0.3, 0.4) is 0 Å². The van der Waals surface area contributed by atoms with E-state index in [4.69, 9.17) is 4.42 Å². The van der Waals surface area contributed by atoms with Gasteiger partial charge < -0.3 is 25.3 Å². The van der Waals surface area contributed by atoms with Crippen molar-refractivity contribution in [2.45, 2.75) is 32.0 Å². The number of allylic oxidation sites excluding steroid dienone is 2. The fourth-order valence-corrected chi connectivity index (χ4v) is 5.99. The van der Waals surface area contributed by atoms with E-state index >= 15 is 0 Å². The van der Waals surface area contributed by atoms with E-state index in [-0.39, 0.29) is 29.4 Å². The lowest BCUT2D eigenvalue weighted by Gasteiger charge is -2.31. The van der Waals surface area contributed by atoms with Crippen LogP contribution < -0.4 is 26.4 Å². The molecule has 10 nitrogen and oxygen atoms in total. The largest absolute Gasteiger partial charge is 0.464 e. The summed E-state index contributed by atoms with van der Waals surface area (Å²) in [4.78, 5) is 28.9. The van der Waals surface area contributed by atoms with Gasteiger partial charge >= 0.3 is 6.18 Å². The van der Waals surface area contributed by atoms with Crippen LogP contribution in [0.25, 0.3) is 16.6 Å². The molecule has 3 N–H and O–H groups in total. The molecule has 0 amide bonds. The highest BCUT2D eigenvalue weighted by molar-refractivity contribution is 5.81. The molecule has 0 saturated carbocycles. The van der Waals surface area contributed by atoms with E-state index in [0.717, 1.165) is 42.2 Å². The predicted molar refractivity (Wildman–Crippen MR) is 171 cm³/mol. The lowest BCUT2D eigenvalue weighted by Crippen LogP contribution is -2.44. The summed E-state index contributed by atoms with van der Waals surface area (Å²) in [6, 6.07) is 11.2. The van der Waals surface area contributed by atoms with E-state index in [1.807, 2.05) is 6.07 Å². The van der Waals surface area contributed by atoms with Gasteiger partial charge in [0.05, 0.1) is 30.3 Å². The maximum atomic E-state index is 14.2. The first-order valence-corrected chi connectivity index (χ1v) is 15.1. The molecule has 0 spiro atoms. The number of hydrogen-bond acceptors (Lipinski definition) is 9. The Bertz CT molecular complexity index is 1960. The van der Waals surface area contributed by atoms with Crippen molar-refractivity contribution in [3.8, 4) is 0 Å². The second-order valence-electron chi connectivity index (χ2n) is 11.3. The highest BCUT2D eigenvalue weighted by atomic mass is 19.4. The Balaban J connectivity index is 1.28. The van der Waals surface area contributed by atoms with Crippen molar-refractivity contribution in [3.05, 3.63) is 101 Å². The molecule has 1 aliphatic heterocycles. The van der Waals surface area contributed by atoms with Crippen LogP contribution in [-0.4, -0.2) is 45.7 Å². The second-order valence-corrected chi connectivity index (χ2v) is 11.3. The third kappa shape index (κ3) is 6.05. The summed E-state index contributed by atoms with van der Waals surface area (Å²) in [6.07, 6.45) is 6.90. The van der Waals surface area contributed by atoms with Crippen molar-refractivity contribution in [1.82, 2.24) is 24.8 Å². The van der Waals surface area contributed by atoms with E-state index in [9.17, 15) is 18.0 Å². The topological polar surface area (TPSA) is 113 Å². The van der Waals surface area contributed by atoms with Crippen LogP contribution in [-0.2, 0) is 12.7 Å². The van der Waals surface area contributed by atoms with Gasteiger partial charge in [-0.05, 0) is 67.3 Å². The summed E-state index contributed by atoms with van der Waals surface area (Å²) in [5, 5.41) is 9.81. The summed E-state index contributed by atoms with van der Waals surface area (Å²) in [6.45, 7) is 2.35. The van der Waals surface area contributed by atoms with Crippen LogP contribution in [0.2, 0.25) is 0 Å². The molecule has 0 radical (unpaired) electrons. The number of hydrogen-bond donors (Lipinski definition) is 3. The minimum absolute atomic E-state index is 0.0579. The zero-order valence-corrected chi connectivity index (χ0v) is 24.8. The van der Waals surface area contributed by atoms with E-state index in [1.54, 1.807) is 54.0 Å². The van der Waals surface area contributed by atoms with Gasteiger partial charge in [0.1, 0.15) is 17.1 Å². The number of rotatable bonds is 8. The number of furan rings is 1. The third-order valence-corrected chi connectivity index (χ3v) is 8.19. The van der Waals surface area contributed by atoms with Gasteiger partial charge in [0.15, 0.2) is 0 Å². The highest BCUT2D eigenvalue weighted by Gasteiger charge is 2.35.